The van der Waals surface area contributed by atoms with Crippen LogP contribution in [0.3, 0.4) is 0 Å². The molecule has 1 saturated heterocycles. The summed E-state index contributed by atoms with van der Waals surface area (Å²) in [4.78, 5) is 19.4. The van der Waals surface area contributed by atoms with Crippen LogP contribution in [0.5, 0.6) is 0 Å². The van der Waals surface area contributed by atoms with Crippen LogP contribution in [0.4, 0.5) is 16.2 Å². The van der Waals surface area contributed by atoms with Gasteiger partial charge >= 0.3 is 6.09 Å². The molecule has 0 radical (unpaired) electrons. The number of carbonyl (C=O) groups excluding carboxylic acids is 1. The highest BCUT2D eigenvalue weighted by atomic mass is 16.6. The van der Waals surface area contributed by atoms with Crippen molar-refractivity contribution in [1.29, 1.82) is 0 Å². The van der Waals surface area contributed by atoms with Gasteiger partial charge < -0.3 is 14.5 Å². The Morgan fingerprint density at radius 1 is 1.36 bits per heavy atom. The molecule has 1 heterocycles. The van der Waals surface area contributed by atoms with Crippen LogP contribution in [0.25, 0.3) is 4.85 Å². The predicted octanol–water partition coefficient (Wildman–Crippen LogP) is 3.68. The number of amides is 1. The van der Waals surface area contributed by atoms with E-state index in [-0.39, 0.29) is 12.1 Å². The summed E-state index contributed by atoms with van der Waals surface area (Å²) in [6.07, 6.45) is 0.673. The number of rotatable bonds is 2. The summed E-state index contributed by atoms with van der Waals surface area (Å²) in [5.74, 6) is 0. The number of ether oxygens (including phenoxy) is 1. The molecule has 1 atom stereocenters. The Hall–Kier alpha value is -2.22. The van der Waals surface area contributed by atoms with E-state index in [9.17, 15) is 4.79 Å². The summed E-state index contributed by atoms with van der Waals surface area (Å²) in [6, 6.07) is 7.80. The van der Waals surface area contributed by atoms with Crippen molar-refractivity contribution < 1.29 is 9.53 Å². The molecule has 1 aromatic rings. The van der Waals surface area contributed by atoms with E-state index in [2.05, 4.69) is 9.74 Å². The molecule has 0 bridgehead atoms. The Morgan fingerprint density at radius 3 is 2.55 bits per heavy atom. The maximum atomic E-state index is 12.1. The zero-order valence-electron chi connectivity index (χ0n) is 13.7. The van der Waals surface area contributed by atoms with Crippen molar-refractivity contribution in [2.24, 2.45) is 0 Å². The van der Waals surface area contributed by atoms with Crippen molar-refractivity contribution in [3.8, 4) is 0 Å². The third-order valence-corrected chi connectivity index (χ3v) is 3.75. The van der Waals surface area contributed by atoms with Gasteiger partial charge in [-0.25, -0.2) is 9.64 Å². The Bertz CT molecular complexity index is 569. The molecule has 1 fully saturated rings. The maximum absolute atomic E-state index is 12.1. The molecule has 2 rings (SSSR count). The third-order valence-electron chi connectivity index (χ3n) is 3.75. The van der Waals surface area contributed by atoms with Crippen LogP contribution in [-0.4, -0.2) is 42.8 Å². The number of nitrogens with zero attached hydrogens (tertiary/aromatic N) is 3. The molecule has 0 aliphatic carbocycles. The monoisotopic (exact) mass is 301 g/mol. The molecule has 5 heteroatoms. The van der Waals surface area contributed by atoms with E-state index in [1.165, 1.54) is 0 Å². The van der Waals surface area contributed by atoms with Gasteiger partial charge in [-0.2, -0.15) is 0 Å². The van der Waals surface area contributed by atoms with Gasteiger partial charge in [0.25, 0.3) is 0 Å². The van der Waals surface area contributed by atoms with Gasteiger partial charge in [0.1, 0.15) is 5.60 Å². The molecular formula is C17H23N3O2. The lowest BCUT2D eigenvalue weighted by molar-refractivity contribution is 0.0292. The van der Waals surface area contributed by atoms with E-state index < -0.39 is 5.60 Å². The number of hydrogen-bond donors (Lipinski definition) is 0. The first-order valence-corrected chi connectivity index (χ1v) is 7.48. The molecule has 0 spiro atoms. The fraction of sp³-hybridized carbons (Fsp3) is 0.529. The third kappa shape index (κ3) is 3.91. The molecule has 1 aliphatic rings. The Morgan fingerprint density at radius 2 is 2.00 bits per heavy atom. The lowest BCUT2D eigenvalue weighted by Crippen LogP contribution is -2.39. The molecule has 118 valence electrons. The Balaban J connectivity index is 1.97. The number of likely N-dealkylation sites (N-methyl/N-ethyl adjacent to an activating group) is 1. The summed E-state index contributed by atoms with van der Waals surface area (Å²) in [5.41, 5.74) is 1.24. The molecule has 0 aromatic heterocycles. The summed E-state index contributed by atoms with van der Waals surface area (Å²) >= 11 is 0. The second kappa shape index (κ2) is 6.27. The van der Waals surface area contributed by atoms with Crippen LogP contribution < -0.4 is 4.90 Å². The number of benzene rings is 1. The van der Waals surface area contributed by atoms with Crippen molar-refractivity contribution in [1.82, 2.24) is 4.90 Å². The minimum absolute atomic E-state index is 0.244. The number of hydrogen-bond acceptors (Lipinski definition) is 3. The lowest BCUT2D eigenvalue weighted by atomic mass is 10.2. The SMILES string of the molecule is [C-]#[N+]c1ccc(N(C)C2CCN(C(=O)OC(C)(C)C)C2)cc1. The second-order valence-corrected chi connectivity index (χ2v) is 6.61. The standard InChI is InChI=1S/C17H23N3O2/c1-17(2,3)22-16(21)20-11-10-15(12-20)19(5)14-8-6-13(18-4)7-9-14/h6-9,15H,10-12H2,1-3,5H3. The zero-order valence-corrected chi connectivity index (χ0v) is 13.7. The fourth-order valence-corrected chi connectivity index (χ4v) is 2.52. The second-order valence-electron chi connectivity index (χ2n) is 6.61. The number of carbonyl (C=O) groups is 1. The van der Waals surface area contributed by atoms with Crippen molar-refractivity contribution in [3.05, 3.63) is 35.7 Å². The van der Waals surface area contributed by atoms with Crippen LogP contribution in [0.15, 0.2) is 24.3 Å². The summed E-state index contributed by atoms with van der Waals surface area (Å²) < 4.78 is 5.42. The summed E-state index contributed by atoms with van der Waals surface area (Å²) in [7, 11) is 2.02. The largest absolute Gasteiger partial charge is 0.444 e. The molecule has 0 saturated carbocycles. The van der Waals surface area contributed by atoms with Gasteiger partial charge in [-0.15, -0.1) is 0 Å². The molecule has 5 nitrogen and oxygen atoms in total. The van der Waals surface area contributed by atoms with E-state index in [0.29, 0.717) is 18.8 Å². The van der Waals surface area contributed by atoms with Crippen LogP contribution in [-0.2, 0) is 4.74 Å². The lowest BCUT2D eigenvalue weighted by Gasteiger charge is -2.28. The first-order valence-electron chi connectivity index (χ1n) is 7.48. The van der Waals surface area contributed by atoms with Gasteiger partial charge in [-0.3, -0.25) is 0 Å². The maximum Gasteiger partial charge on any atom is 0.410 e. The van der Waals surface area contributed by atoms with Crippen molar-refractivity contribution in [3.63, 3.8) is 0 Å². The molecule has 0 N–H and O–H groups in total. The molecule has 1 aromatic carbocycles. The minimum atomic E-state index is -0.462. The topological polar surface area (TPSA) is 37.1 Å². The fourth-order valence-electron chi connectivity index (χ4n) is 2.52. The van der Waals surface area contributed by atoms with Gasteiger partial charge in [0, 0.05) is 31.9 Å². The highest BCUT2D eigenvalue weighted by Crippen LogP contribution is 2.25. The van der Waals surface area contributed by atoms with E-state index in [4.69, 9.17) is 11.3 Å². The van der Waals surface area contributed by atoms with E-state index in [1.807, 2.05) is 52.1 Å². The van der Waals surface area contributed by atoms with E-state index in [0.717, 1.165) is 12.1 Å². The molecule has 1 amide bonds. The number of likely N-dealkylation sites (tertiary alicyclic amines) is 1. The Labute approximate surface area is 132 Å². The van der Waals surface area contributed by atoms with Crippen LogP contribution in [0.2, 0.25) is 0 Å². The van der Waals surface area contributed by atoms with Gasteiger partial charge in [0.15, 0.2) is 5.69 Å². The first-order chi connectivity index (χ1) is 10.3. The van der Waals surface area contributed by atoms with Crippen LogP contribution >= 0.6 is 0 Å². The van der Waals surface area contributed by atoms with Crippen LogP contribution in [0.1, 0.15) is 27.2 Å². The smallest absolute Gasteiger partial charge is 0.410 e. The van der Waals surface area contributed by atoms with Gasteiger partial charge in [0.05, 0.1) is 6.57 Å². The quantitative estimate of drug-likeness (QED) is 0.782. The highest BCUT2D eigenvalue weighted by Gasteiger charge is 2.31. The Kier molecular flexibility index (Phi) is 4.60. The van der Waals surface area contributed by atoms with E-state index in [1.54, 1.807) is 4.90 Å². The normalized spacial score (nSPS) is 18.0. The van der Waals surface area contributed by atoms with Crippen molar-refractivity contribution in [2.45, 2.75) is 38.8 Å². The van der Waals surface area contributed by atoms with Crippen LogP contribution in [0, 0.1) is 6.57 Å². The zero-order chi connectivity index (χ0) is 16.3. The van der Waals surface area contributed by atoms with Gasteiger partial charge in [-0.1, -0.05) is 12.1 Å². The average Bonchev–Trinajstić information content (AvgIpc) is 2.95. The summed E-state index contributed by atoms with van der Waals surface area (Å²) in [6.45, 7) is 14.0. The first kappa shape index (κ1) is 16.2. The number of anilines is 1. The van der Waals surface area contributed by atoms with Gasteiger partial charge in [0.2, 0.25) is 0 Å². The molecule has 1 aliphatic heterocycles. The average molecular weight is 301 g/mol. The molecular weight excluding hydrogens is 278 g/mol. The van der Waals surface area contributed by atoms with Crippen molar-refractivity contribution >= 4 is 17.5 Å². The van der Waals surface area contributed by atoms with E-state index >= 15 is 0 Å². The predicted molar refractivity (Wildman–Crippen MR) is 87.3 cm³/mol. The highest BCUT2D eigenvalue weighted by molar-refractivity contribution is 5.69. The molecule has 1 unspecified atom stereocenters. The van der Waals surface area contributed by atoms with Crippen molar-refractivity contribution in [2.75, 3.05) is 25.0 Å². The molecule has 22 heavy (non-hydrogen) atoms. The minimum Gasteiger partial charge on any atom is -0.444 e. The van der Waals surface area contributed by atoms with Gasteiger partial charge in [-0.05, 0) is 39.3 Å². The summed E-state index contributed by atoms with van der Waals surface area (Å²) in [5, 5.41) is 0.